The van der Waals surface area contributed by atoms with Gasteiger partial charge in [0, 0.05) is 28.8 Å². The summed E-state index contributed by atoms with van der Waals surface area (Å²) in [6.45, 7) is 1.64. The molecule has 0 spiro atoms. The Balaban J connectivity index is 1.52. The van der Waals surface area contributed by atoms with E-state index < -0.39 is 0 Å². The lowest BCUT2D eigenvalue weighted by molar-refractivity contribution is -0.0640. The van der Waals surface area contributed by atoms with Crippen LogP contribution in [0.15, 0.2) is 17.5 Å². The number of hydrogen-bond donors (Lipinski definition) is 2. The summed E-state index contributed by atoms with van der Waals surface area (Å²) in [6, 6.07) is 4.20. The fourth-order valence-electron chi connectivity index (χ4n) is 2.58. The summed E-state index contributed by atoms with van der Waals surface area (Å²) in [5, 5.41) is 7.39. The van der Waals surface area contributed by atoms with E-state index in [0.29, 0.717) is 0 Å². The third-order valence-electron chi connectivity index (χ3n) is 3.96. The summed E-state index contributed by atoms with van der Waals surface area (Å²) in [7, 11) is 0. The van der Waals surface area contributed by atoms with Crippen molar-refractivity contribution in [1.29, 1.82) is 0 Å². The first-order valence-corrected chi connectivity index (χ1v) is 10.3. The molecule has 122 valence electrons. The molecule has 1 saturated heterocycles. The number of thiophene rings is 2. The van der Waals surface area contributed by atoms with E-state index in [-0.39, 0.29) is 12.1 Å². The second-order valence-electron chi connectivity index (χ2n) is 5.53. The Hall–Kier alpha value is -0.700. The number of anilines is 1. The number of nitrogens with zero attached hydrogens (tertiary/aromatic N) is 1. The fourth-order valence-corrected chi connectivity index (χ4v) is 5.75. The van der Waals surface area contributed by atoms with Crippen LogP contribution in [-0.2, 0) is 17.7 Å². The van der Waals surface area contributed by atoms with Crippen LogP contribution in [0.3, 0.4) is 0 Å². The molecule has 23 heavy (non-hydrogen) atoms. The molecule has 0 aliphatic carbocycles. The van der Waals surface area contributed by atoms with E-state index in [1.165, 1.54) is 16.4 Å². The lowest BCUT2D eigenvalue weighted by atomic mass is 10.0. The van der Waals surface area contributed by atoms with E-state index in [9.17, 15) is 0 Å². The molecule has 3 N–H and O–H groups in total. The summed E-state index contributed by atoms with van der Waals surface area (Å²) in [5.41, 5.74) is 7.12. The number of ether oxygens (including phenoxy) is 1. The molecule has 2 atom stereocenters. The Morgan fingerprint density at radius 1 is 1.52 bits per heavy atom. The highest BCUT2D eigenvalue weighted by molar-refractivity contribution is 7.25. The number of nitrogens with one attached hydrogen (secondary N) is 1. The Morgan fingerprint density at radius 3 is 3.09 bits per heavy atom. The van der Waals surface area contributed by atoms with Gasteiger partial charge >= 0.3 is 0 Å². The predicted molar refractivity (Wildman–Crippen MR) is 100 cm³/mol. The van der Waals surface area contributed by atoms with Gasteiger partial charge in [0.25, 0.3) is 0 Å². The van der Waals surface area contributed by atoms with Gasteiger partial charge in [0.05, 0.1) is 22.4 Å². The molecular weight excluding hydrogens is 370 g/mol. The maximum absolute atomic E-state index is 6.51. The first-order valence-electron chi connectivity index (χ1n) is 7.42. The smallest absolute Gasteiger partial charge is 0.127 e. The minimum absolute atomic E-state index is 0.00945. The quantitative estimate of drug-likeness (QED) is 0.662. The average molecular weight is 386 g/mol. The summed E-state index contributed by atoms with van der Waals surface area (Å²) in [6.07, 6.45) is 1.97. The summed E-state index contributed by atoms with van der Waals surface area (Å²) in [5.74, 6) is 0. The van der Waals surface area contributed by atoms with E-state index in [1.807, 2.05) is 0 Å². The first-order chi connectivity index (χ1) is 11.2. The van der Waals surface area contributed by atoms with Crippen molar-refractivity contribution in [3.05, 3.63) is 32.3 Å². The normalized spacial score (nSPS) is 19.0. The topological polar surface area (TPSA) is 60.2 Å². The van der Waals surface area contributed by atoms with Crippen LogP contribution in [-0.4, -0.2) is 23.1 Å². The molecule has 1 fully saturated rings. The largest absolute Gasteiger partial charge is 0.376 e. The predicted octanol–water partition coefficient (Wildman–Crippen LogP) is 4.34. The first kappa shape index (κ1) is 15.8. The fraction of sp³-hybridized carbons (Fsp3) is 0.400. The molecule has 1 aliphatic rings. The molecule has 4 nitrogen and oxygen atoms in total. The minimum Gasteiger partial charge on any atom is -0.376 e. The van der Waals surface area contributed by atoms with Crippen molar-refractivity contribution in [3.63, 3.8) is 0 Å². The zero-order valence-corrected chi connectivity index (χ0v) is 15.5. The van der Waals surface area contributed by atoms with E-state index in [1.54, 1.807) is 22.7 Å². The number of rotatable bonds is 6. The van der Waals surface area contributed by atoms with Gasteiger partial charge in [0.2, 0.25) is 0 Å². The van der Waals surface area contributed by atoms with Crippen molar-refractivity contribution in [2.45, 2.75) is 31.5 Å². The number of aromatic nitrogens is 1. The van der Waals surface area contributed by atoms with Crippen LogP contribution < -0.4 is 11.1 Å². The summed E-state index contributed by atoms with van der Waals surface area (Å²) < 4.78 is 11.1. The van der Waals surface area contributed by atoms with Crippen LogP contribution >= 0.6 is 45.8 Å². The maximum Gasteiger partial charge on any atom is 0.127 e. The second kappa shape index (κ2) is 6.66. The second-order valence-corrected chi connectivity index (χ2v) is 8.82. The number of fused-ring (bicyclic) bond motifs is 1. The van der Waals surface area contributed by atoms with Crippen molar-refractivity contribution in [1.82, 2.24) is 4.37 Å². The highest BCUT2D eigenvalue weighted by Gasteiger charge is 2.27. The monoisotopic (exact) mass is 385 g/mol. The zero-order chi connectivity index (χ0) is 15.8. The lowest BCUT2D eigenvalue weighted by Gasteiger charge is -2.31. The van der Waals surface area contributed by atoms with Gasteiger partial charge < -0.3 is 15.8 Å². The summed E-state index contributed by atoms with van der Waals surface area (Å²) in [4.78, 5) is 2.41. The van der Waals surface area contributed by atoms with Crippen LogP contribution in [0.25, 0.3) is 10.2 Å². The number of hydrogen-bond acceptors (Lipinski definition) is 7. The van der Waals surface area contributed by atoms with Gasteiger partial charge in [-0.3, -0.25) is 0 Å². The molecule has 3 aromatic rings. The number of halogens is 1. The third-order valence-corrected chi connectivity index (χ3v) is 7.51. The van der Waals surface area contributed by atoms with Crippen LogP contribution in [0.2, 0.25) is 5.02 Å². The van der Waals surface area contributed by atoms with Gasteiger partial charge in [-0.25, -0.2) is 0 Å². The van der Waals surface area contributed by atoms with E-state index in [2.05, 4.69) is 27.2 Å². The van der Waals surface area contributed by atoms with Gasteiger partial charge in [-0.2, -0.15) is 4.37 Å². The SMILES string of the molecule is N[C@H](Cc1sc2c(NCc3cccs3)snc2c1Cl)[C@H]1CCO1. The van der Waals surface area contributed by atoms with E-state index >= 15 is 0 Å². The molecule has 3 aromatic heterocycles. The zero-order valence-electron chi connectivity index (χ0n) is 12.3. The molecule has 0 unspecified atom stereocenters. The summed E-state index contributed by atoms with van der Waals surface area (Å²) >= 11 is 11.4. The van der Waals surface area contributed by atoms with Gasteiger partial charge in [-0.15, -0.1) is 22.7 Å². The highest BCUT2D eigenvalue weighted by Crippen LogP contribution is 2.42. The molecule has 1 aliphatic heterocycles. The van der Waals surface area contributed by atoms with Crippen molar-refractivity contribution < 1.29 is 4.74 Å². The molecular formula is C15H16ClN3OS3. The van der Waals surface area contributed by atoms with Gasteiger partial charge in [-0.05, 0) is 29.4 Å². The highest BCUT2D eigenvalue weighted by atomic mass is 35.5. The molecule has 8 heteroatoms. The Morgan fingerprint density at radius 2 is 2.39 bits per heavy atom. The molecule has 4 heterocycles. The maximum atomic E-state index is 6.51. The minimum atomic E-state index is 0.00945. The van der Waals surface area contributed by atoms with Crippen LogP contribution in [0, 0.1) is 0 Å². The van der Waals surface area contributed by atoms with E-state index in [4.69, 9.17) is 22.1 Å². The molecule has 0 aromatic carbocycles. The number of nitrogens with two attached hydrogens (primary N) is 1. The Bertz CT molecular complexity index is 794. The molecule has 0 radical (unpaired) electrons. The third kappa shape index (κ3) is 3.14. The lowest BCUT2D eigenvalue weighted by Crippen LogP contribution is -2.45. The molecule has 4 rings (SSSR count). The van der Waals surface area contributed by atoms with Crippen molar-refractivity contribution in [2.75, 3.05) is 11.9 Å². The van der Waals surface area contributed by atoms with E-state index in [0.717, 1.165) is 51.1 Å². The standard InChI is InChI=1S/C15H16ClN3OS3/c16-12-11(6-9(17)10-3-4-20-10)22-14-13(12)19-23-15(14)18-7-8-2-1-5-21-8/h1-2,5,9-10,18H,3-4,6-7,17H2/t9-,10-/m1/s1. The Labute approximate surface area is 151 Å². The Kier molecular flexibility index (Phi) is 4.58. The molecule has 0 saturated carbocycles. The van der Waals surface area contributed by atoms with Crippen LogP contribution in [0.5, 0.6) is 0 Å². The molecule has 0 amide bonds. The van der Waals surface area contributed by atoms with Crippen molar-refractivity contribution in [3.8, 4) is 0 Å². The van der Waals surface area contributed by atoms with Crippen molar-refractivity contribution >= 4 is 61.0 Å². The van der Waals surface area contributed by atoms with Crippen LogP contribution in [0.4, 0.5) is 5.00 Å². The van der Waals surface area contributed by atoms with Gasteiger partial charge in [0.1, 0.15) is 10.5 Å². The molecule has 0 bridgehead atoms. The van der Waals surface area contributed by atoms with Gasteiger partial charge in [0.15, 0.2) is 0 Å². The van der Waals surface area contributed by atoms with Gasteiger partial charge in [-0.1, -0.05) is 17.7 Å². The average Bonchev–Trinajstić information content (AvgIpc) is 3.16. The van der Waals surface area contributed by atoms with Crippen molar-refractivity contribution in [2.24, 2.45) is 5.73 Å². The van der Waals surface area contributed by atoms with Crippen LogP contribution in [0.1, 0.15) is 16.2 Å².